The summed E-state index contributed by atoms with van der Waals surface area (Å²) < 4.78 is 60.5. The van der Waals surface area contributed by atoms with Gasteiger partial charge in [-0.3, -0.25) is 4.79 Å². The average Bonchev–Trinajstić information content (AvgIpc) is 2.74. The second-order valence-corrected chi connectivity index (χ2v) is 8.59. The molecule has 0 heterocycles. The van der Waals surface area contributed by atoms with Crippen molar-refractivity contribution in [3.05, 3.63) is 89.0 Å². The summed E-state index contributed by atoms with van der Waals surface area (Å²) in [5.74, 6) is -1.49. The standard InChI is InChI=1S/C24H21F3O4S/c1-31-19-14-18(24(25,26)27)17(13-20(28)29)22(21(19)15-9-5-3-6-10-15)23(32(2)30)16-11-7-4-8-12-16/h3-12,14,23H,13H2,1-2H3,(H,28,29). The van der Waals surface area contributed by atoms with Gasteiger partial charge in [0.05, 0.1) is 25.3 Å². The Hall–Kier alpha value is -2.97. The lowest BCUT2D eigenvalue weighted by atomic mass is 9.85. The Bertz CT molecular complexity index is 1080. The molecule has 0 aliphatic carbocycles. The summed E-state index contributed by atoms with van der Waals surface area (Å²) in [6.45, 7) is 0. The van der Waals surface area contributed by atoms with Gasteiger partial charge in [-0.05, 0) is 28.4 Å². The highest BCUT2D eigenvalue weighted by molar-refractivity contribution is 7.91. The highest BCUT2D eigenvalue weighted by Gasteiger charge is 2.41. The van der Waals surface area contributed by atoms with Gasteiger partial charge in [-0.1, -0.05) is 60.7 Å². The van der Waals surface area contributed by atoms with E-state index in [1.807, 2.05) is 0 Å². The van der Waals surface area contributed by atoms with Crippen LogP contribution in [0, 0.1) is 0 Å². The Labute approximate surface area is 186 Å². The average molecular weight is 462 g/mol. The first-order chi connectivity index (χ1) is 15.1. The molecule has 0 spiro atoms. The molecule has 1 N–H and O–H groups in total. The molecule has 2 atom stereocenters. The smallest absolute Gasteiger partial charge is 0.416 e. The maximum absolute atomic E-state index is 14.1. The van der Waals surface area contributed by atoms with Crippen molar-refractivity contribution in [3.8, 4) is 16.9 Å². The molecule has 0 aliphatic rings. The first-order valence-corrected chi connectivity index (χ1v) is 11.2. The van der Waals surface area contributed by atoms with E-state index in [9.17, 15) is 27.6 Å². The van der Waals surface area contributed by atoms with Crippen molar-refractivity contribution >= 4 is 17.1 Å². The SMILES string of the molecule is COc1cc(C(F)(F)F)c(CC(=O)O)c(C(c2ccccc2)[S+](C)[O-])c1-c1ccccc1. The predicted molar refractivity (Wildman–Crippen MR) is 117 cm³/mol. The minimum Gasteiger partial charge on any atom is -0.616 e. The fraction of sp³-hybridized carbons (Fsp3) is 0.208. The molecule has 0 radical (unpaired) electrons. The van der Waals surface area contributed by atoms with Crippen molar-refractivity contribution in [1.29, 1.82) is 0 Å². The Morgan fingerprint density at radius 3 is 2.12 bits per heavy atom. The van der Waals surface area contributed by atoms with E-state index >= 15 is 0 Å². The summed E-state index contributed by atoms with van der Waals surface area (Å²) in [6.07, 6.45) is -4.32. The van der Waals surface area contributed by atoms with Crippen LogP contribution < -0.4 is 4.74 Å². The highest BCUT2D eigenvalue weighted by atomic mass is 32.2. The van der Waals surface area contributed by atoms with Crippen LogP contribution in [0.15, 0.2) is 66.7 Å². The van der Waals surface area contributed by atoms with Crippen LogP contribution in [0.4, 0.5) is 13.2 Å². The largest absolute Gasteiger partial charge is 0.616 e. The number of methoxy groups -OCH3 is 1. The van der Waals surface area contributed by atoms with Gasteiger partial charge in [-0.25, -0.2) is 0 Å². The lowest BCUT2D eigenvalue weighted by Crippen LogP contribution is -2.22. The van der Waals surface area contributed by atoms with Crippen LogP contribution in [0.5, 0.6) is 5.75 Å². The van der Waals surface area contributed by atoms with E-state index in [0.717, 1.165) is 6.07 Å². The molecule has 3 rings (SSSR count). The van der Waals surface area contributed by atoms with Gasteiger partial charge in [-0.2, -0.15) is 13.2 Å². The van der Waals surface area contributed by atoms with Gasteiger partial charge >= 0.3 is 12.1 Å². The van der Waals surface area contributed by atoms with Gasteiger partial charge in [-0.15, -0.1) is 0 Å². The van der Waals surface area contributed by atoms with Gasteiger partial charge in [0.1, 0.15) is 5.75 Å². The summed E-state index contributed by atoms with van der Waals surface area (Å²) in [5.41, 5.74) is -0.158. The predicted octanol–water partition coefficient (Wildman–Crippen LogP) is 5.48. The van der Waals surface area contributed by atoms with Gasteiger partial charge < -0.3 is 14.4 Å². The molecule has 2 unspecified atom stereocenters. The van der Waals surface area contributed by atoms with Gasteiger partial charge in [0, 0.05) is 16.7 Å². The first-order valence-electron chi connectivity index (χ1n) is 9.60. The topological polar surface area (TPSA) is 69.6 Å². The van der Waals surface area contributed by atoms with Gasteiger partial charge in [0.15, 0.2) is 5.25 Å². The van der Waals surface area contributed by atoms with E-state index < -0.39 is 46.1 Å². The van der Waals surface area contributed by atoms with E-state index in [2.05, 4.69) is 0 Å². The van der Waals surface area contributed by atoms with Crippen molar-refractivity contribution in [2.75, 3.05) is 13.4 Å². The number of carboxylic acids is 1. The maximum atomic E-state index is 14.1. The summed E-state index contributed by atoms with van der Waals surface area (Å²) in [6, 6.07) is 17.9. The van der Waals surface area contributed by atoms with Crippen LogP contribution in [-0.2, 0) is 28.6 Å². The van der Waals surface area contributed by atoms with Crippen LogP contribution in [0.1, 0.15) is 27.5 Å². The van der Waals surface area contributed by atoms with E-state index in [-0.39, 0.29) is 11.3 Å². The van der Waals surface area contributed by atoms with Crippen LogP contribution in [0.3, 0.4) is 0 Å². The second-order valence-electron chi connectivity index (χ2n) is 7.12. The number of aliphatic carboxylic acids is 1. The maximum Gasteiger partial charge on any atom is 0.416 e. The number of carbonyl (C=O) groups is 1. The molecule has 8 heteroatoms. The molecular weight excluding hydrogens is 441 g/mol. The lowest BCUT2D eigenvalue weighted by Gasteiger charge is -2.28. The Morgan fingerprint density at radius 1 is 1.09 bits per heavy atom. The Morgan fingerprint density at radius 2 is 1.66 bits per heavy atom. The zero-order valence-corrected chi connectivity index (χ0v) is 18.2. The normalized spacial score (nSPS) is 13.4. The summed E-state index contributed by atoms with van der Waals surface area (Å²) in [5, 5.41) is 8.48. The number of hydrogen-bond donors (Lipinski definition) is 1. The molecule has 3 aromatic rings. The zero-order chi connectivity index (χ0) is 23.5. The van der Waals surface area contributed by atoms with Crippen LogP contribution in [-0.4, -0.2) is 29.0 Å². The molecule has 0 aliphatic heterocycles. The minimum atomic E-state index is -4.83. The Kier molecular flexibility index (Phi) is 7.16. The van der Waals surface area contributed by atoms with Crippen LogP contribution in [0.25, 0.3) is 11.1 Å². The van der Waals surface area contributed by atoms with E-state index in [0.29, 0.717) is 16.7 Å². The number of carboxylic acid groups (broad SMARTS) is 1. The number of benzene rings is 3. The molecule has 0 amide bonds. The Balaban J connectivity index is 2.53. The fourth-order valence-electron chi connectivity index (χ4n) is 3.82. The molecule has 0 saturated heterocycles. The van der Waals surface area contributed by atoms with Crippen molar-refractivity contribution < 1.29 is 32.4 Å². The zero-order valence-electron chi connectivity index (χ0n) is 17.3. The summed E-state index contributed by atoms with van der Waals surface area (Å²) in [4.78, 5) is 11.7. The van der Waals surface area contributed by atoms with Crippen molar-refractivity contribution in [3.63, 3.8) is 0 Å². The quantitative estimate of drug-likeness (QED) is 0.473. The molecule has 32 heavy (non-hydrogen) atoms. The molecule has 0 bridgehead atoms. The molecule has 4 nitrogen and oxygen atoms in total. The second kappa shape index (κ2) is 9.67. The number of halogens is 3. The number of rotatable bonds is 7. The summed E-state index contributed by atoms with van der Waals surface area (Å²) in [7, 11) is 1.25. The third-order valence-corrected chi connectivity index (χ3v) is 6.23. The monoisotopic (exact) mass is 462 g/mol. The molecule has 168 valence electrons. The first kappa shape index (κ1) is 23.7. The van der Waals surface area contributed by atoms with E-state index in [4.69, 9.17) is 4.74 Å². The van der Waals surface area contributed by atoms with Gasteiger partial charge in [0.2, 0.25) is 0 Å². The molecule has 0 aromatic heterocycles. The fourth-order valence-corrected chi connectivity index (χ4v) is 4.95. The molecule has 3 aromatic carbocycles. The number of ether oxygens (including phenoxy) is 1. The highest BCUT2D eigenvalue weighted by Crippen LogP contribution is 2.48. The number of alkyl halides is 3. The van der Waals surface area contributed by atoms with Gasteiger partial charge in [0.25, 0.3) is 0 Å². The van der Waals surface area contributed by atoms with Crippen molar-refractivity contribution in [2.24, 2.45) is 0 Å². The molecule has 0 fully saturated rings. The summed E-state index contributed by atoms with van der Waals surface area (Å²) >= 11 is -1.68. The lowest BCUT2D eigenvalue weighted by molar-refractivity contribution is -0.139. The van der Waals surface area contributed by atoms with Crippen LogP contribution in [0.2, 0.25) is 0 Å². The molecule has 0 saturated carbocycles. The third-order valence-electron chi connectivity index (χ3n) is 5.05. The van der Waals surface area contributed by atoms with E-state index in [1.165, 1.54) is 13.4 Å². The van der Waals surface area contributed by atoms with Crippen molar-refractivity contribution in [2.45, 2.75) is 17.8 Å². The third kappa shape index (κ3) is 4.92. The minimum absolute atomic E-state index is 0.0392. The van der Waals surface area contributed by atoms with E-state index in [1.54, 1.807) is 60.7 Å². The molecular formula is C24H21F3O4S. The number of hydrogen-bond acceptors (Lipinski definition) is 3. The van der Waals surface area contributed by atoms with Crippen LogP contribution >= 0.6 is 0 Å². The van der Waals surface area contributed by atoms with Crippen molar-refractivity contribution in [1.82, 2.24) is 0 Å².